The van der Waals surface area contributed by atoms with Gasteiger partial charge in [0.25, 0.3) is 11.8 Å². The van der Waals surface area contributed by atoms with E-state index < -0.39 is 0 Å². The summed E-state index contributed by atoms with van der Waals surface area (Å²) in [4.78, 5) is 9.01. The predicted molar refractivity (Wildman–Crippen MR) is 111 cm³/mol. The van der Waals surface area contributed by atoms with Crippen LogP contribution in [0.2, 0.25) is 0 Å². The molecule has 0 amide bonds. The van der Waals surface area contributed by atoms with E-state index in [0.29, 0.717) is 23.8 Å². The van der Waals surface area contributed by atoms with Gasteiger partial charge in [-0.1, -0.05) is 40.2 Å². The van der Waals surface area contributed by atoms with Gasteiger partial charge in [0.15, 0.2) is 11.5 Å². The van der Waals surface area contributed by atoms with E-state index in [9.17, 15) is 4.39 Å². The Hall–Kier alpha value is -3.33. The molecule has 0 aliphatic carbocycles. The monoisotopic (exact) mass is 470 g/mol. The summed E-state index contributed by atoms with van der Waals surface area (Å²) in [6.45, 7) is 0. The Kier molecular flexibility index (Phi) is 5.71. The number of ether oxygens (including phenoxy) is 2. The van der Waals surface area contributed by atoms with Crippen LogP contribution in [0.3, 0.4) is 0 Å². The van der Waals surface area contributed by atoms with E-state index >= 15 is 0 Å². The molecule has 7 nitrogen and oxygen atoms in total. The minimum Gasteiger partial charge on any atom is -0.490 e. The van der Waals surface area contributed by atoms with Gasteiger partial charge in [0.1, 0.15) is 5.82 Å². The zero-order valence-corrected chi connectivity index (χ0v) is 17.7. The lowest BCUT2D eigenvalue weighted by atomic mass is 10.1. The van der Waals surface area contributed by atoms with Crippen molar-refractivity contribution < 1.29 is 18.3 Å². The molecule has 0 fully saturated rings. The minimum absolute atomic E-state index is 0.169. The van der Waals surface area contributed by atoms with Crippen molar-refractivity contribution in [1.29, 1.82) is 0 Å². The number of benzene rings is 2. The topological polar surface area (TPSA) is 83.2 Å². The van der Waals surface area contributed by atoms with Crippen LogP contribution in [-0.2, 0) is 6.42 Å². The Labute approximate surface area is 180 Å². The van der Waals surface area contributed by atoms with Crippen LogP contribution < -0.4 is 9.47 Å². The number of hydrogen-bond acceptors (Lipinski definition) is 7. The van der Waals surface area contributed by atoms with Crippen LogP contribution >= 0.6 is 15.9 Å². The summed E-state index contributed by atoms with van der Waals surface area (Å²) >= 11 is 3.41. The fourth-order valence-corrected chi connectivity index (χ4v) is 3.09. The van der Waals surface area contributed by atoms with E-state index in [1.807, 2.05) is 24.3 Å². The van der Waals surface area contributed by atoms with Crippen molar-refractivity contribution in [2.45, 2.75) is 6.42 Å². The van der Waals surface area contributed by atoms with Gasteiger partial charge in [0.05, 0.1) is 20.6 Å². The Morgan fingerprint density at radius 1 is 0.933 bits per heavy atom. The van der Waals surface area contributed by atoms with Crippen molar-refractivity contribution >= 4 is 15.9 Å². The van der Waals surface area contributed by atoms with Gasteiger partial charge in [0, 0.05) is 10.0 Å². The zero-order valence-electron chi connectivity index (χ0n) is 16.1. The van der Waals surface area contributed by atoms with E-state index in [0.717, 1.165) is 15.6 Å². The molecule has 0 aliphatic heterocycles. The fraction of sp³-hybridized carbons (Fsp3) is 0.143. The third kappa shape index (κ3) is 4.16. The number of rotatable bonds is 6. The van der Waals surface area contributed by atoms with Gasteiger partial charge in [-0.15, -0.1) is 10.2 Å². The van der Waals surface area contributed by atoms with E-state index in [-0.39, 0.29) is 23.3 Å². The van der Waals surface area contributed by atoms with Gasteiger partial charge in [-0.25, -0.2) is 9.37 Å². The molecule has 0 bridgehead atoms. The smallest absolute Gasteiger partial charge is 0.270 e. The average Bonchev–Trinajstić information content (AvgIpc) is 3.23. The summed E-state index contributed by atoms with van der Waals surface area (Å²) < 4.78 is 30.7. The molecule has 2 heterocycles. The first-order valence-electron chi connectivity index (χ1n) is 8.90. The predicted octanol–water partition coefficient (Wildman–Crippen LogP) is 4.70. The molecule has 4 rings (SSSR count). The van der Waals surface area contributed by atoms with Gasteiger partial charge < -0.3 is 13.9 Å². The van der Waals surface area contributed by atoms with E-state index in [1.54, 1.807) is 12.1 Å². The highest BCUT2D eigenvalue weighted by Gasteiger charge is 2.23. The van der Waals surface area contributed by atoms with Gasteiger partial charge in [-0.3, -0.25) is 0 Å². The summed E-state index contributed by atoms with van der Waals surface area (Å²) in [5, 5.41) is 8.19. The summed E-state index contributed by atoms with van der Waals surface area (Å²) in [5.41, 5.74) is 1.95. The Morgan fingerprint density at radius 3 is 2.33 bits per heavy atom. The minimum atomic E-state index is -0.303. The maximum Gasteiger partial charge on any atom is 0.270 e. The Morgan fingerprint density at radius 2 is 1.67 bits per heavy atom. The number of aromatic nitrogens is 4. The molecule has 4 aromatic rings. The summed E-state index contributed by atoms with van der Waals surface area (Å²) in [6.07, 6.45) is 0.359. The first-order valence-corrected chi connectivity index (χ1v) is 9.70. The normalized spacial score (nSPS) is 10.8. The lowest BCUT2D eigenvalue weighted by molar-refractivity contribution is 0.341. The summed E-state index contributed by atoms with van der Waals surface area (Å²) in [7, 11) is 2.98. The van der Waals surface area contributed by atoms with Crippen LogP contribution in [0.1, 0.15) is 11.5 Å². The highest BCUT2D eigenvalue weighted by Crippen LogP contribution is 2.36. The van der Waals surface area contributed by atoms with Crippen LogP contribution in [0.15, 0.2) is 57.4 Å². The van der Waals surface area contributed by atoms with Crippen molar-refractivity contribution in [1.82, 2.24) is 20.2 Å². The lowest BCUT2D eigenvalue weighted by Gasteiger charge is -2.11. The standard InChI is InChI=1S/C21H16BrFN4O3/c1-28-18-17(20-27-26-16(30-20)11-12-3-9-15(23)10-4-12)24-19(25-21(18)29-2)13-5-7-14(22)8-6-13/h3-10H,11H2,1-2H3. The molecule has 0 N–H and O–H groups in total. The van der Waals surface area contributed by atoms with E-state index in [2.05, 4.69) is 36.1 Å². The third-order valence-corrected chi connectivity index (χ3v) is 4.80. The number of methoxy groups -OCH3 is 2. The van der Waals surface area contributed by atoms with Crippen molar-refractivity contribution in [3.63, 3.8) is 0 Å². The highest BCUT2D eigenvalue weighted by molar-refractivity contribution is 9.10. The molecule has 0 saturated heterocycles. The highest BCUT2D eigenvalue weighted by atomic mass is 79.9. The van der Waals surface area contributed by atoms with Crippen LogP contribution in [0.4, 0.5) is 4.39 Å². The molecule has 0 spiro atoms. The first-order chi connectivity index (χ1) is 14.6. The second-order valence-electron chi connectivity index (χ2n) is 6.25. The van der Waals surface area contributed by atoms with Crippen molar-refractivity contribution in [3.05, 3.63) is 70.3 Å². The van der Waals surface area contributed by atoms with Gasteiger partial charge in [-0.2, -0.15) is 4.98 Å². The van der Waals surface area contributed by atoms with E-state index in [4.69, 9.17) is 13.9 Å². The number of hydrogen-bond donors (Lipinski definition) is 0. The van der Waals surface area contributed by atoms with Crippen molar-refractivity contribution in [2.24, 2.45) is 0 Å². The molecule has 0 atom stereocenters. The molecule has 0 radical (unpaired) electrons. The Bertz CT molecular complexity index is 1160. The van der Waals surface area contributed by atoms with Crippen LogP contribution in [-0.4, -0.2) is 34.4 Å². The molecular weight excluding hydrogens is 455 g/mol. The van der Waals surface area contributed by atoms with Crippen LogP contribution in [0.5, 0.6) is 11.6 Å². The molecule has 0 saturated carbocycles. The van der Waals surface area contributed by atoms with E-state index in [1.165, 1.54) is 26.4 Å². The maximum atomic E-state index is 13.1. The van der Waals surface area contributed by atoms with Gasteiger partial charge >= 0.3 is 0 Å². The molecule has 0 unspecified atom stereocenters. The zero-order chi connectivity index (χ0) is 21.1. The molecular formula is C21H16BrFN4O3. The third-order valence-electron chi connectivity index (χ3n) is 4.27. The van der Waals surface area contributed by atoms with Crippen molar-refractivity contribution in [2.75, 3.05) is 14.2 Å². The van der Waals surface area contributed by atoms with Crippen LogP contribution in [0.25, 0.3) is 23.0 Å². The van der Waals surface area contributed by atoms with Gasteiger partial charge in [0.2, 0.25) is 11.6 Å². The molecule has 2 aromatic carbocycles. The molecule has 0 aliphatic rings. The summed E-state index contributed by atoms with van der Waals surface area (Å²) in [6, 6.07) is 13.6. The number of halogens is 2. The molecule has 152 valence electrons. The lowest BCUT2D eigenvalue weighted by Crippen LogP contribution is -2.01. The summed E-state index contributed by atoms with van der Waals surface area (Å²) in [5.74, 6) is 1.19. The van der Waals surface area contributed by atoms with Crippen LogP contribution in [0, 0.1) is 5.82 Å². The SMILES string of the molecule is COc1nc(-c2ccc(Br)cc2)nc(-c2nnc(Cc3ccc(F)cc3)o2)c1OC. The molecule has 9 heteroatoms. The average molecular weight is 471 g/mol. The second-order valence-corrected chi connectivity index (χ2v) is 7.17. The first kappa shape index (κ1) is 20.0. The molecule has 30 heavy (non-hydrogen) atoms. The maximum absolute atomic E-state index is 13.1. The Balaban J connectivity index is 1.73. The quantitative estimate of drug-likeness (QED) is 0.403. The second kappa shape index (κ2) is 8.58. The number of nitrogens with zero attached hydrogens (tertiary/aromatic N) is 4. The van der Waals surface area contributed by atoms with Gasteiger partial charge in [-0.05, 0) is 29.8 Å². The largest absolute Gasteiger partial charge is 0.490 e. The fourth-order valence-electron chi connectivity index (χ4n) is 2.82. The molecule has 2 aromatic heterocycles. The van der Waals surface area contributed by atoms with Crippen molar-refractivity contribution in [3.8, 4) is 34.6 Å².